The zero-order valence-corrected chi connectivity index (χ0v) is 48.9. The largest absolute Gasteiger partial charge is 0.472 e. The van der Waals surface area contributed by atoms with Crippen LogP contribution in [0.2, 0.25) is 0 Å². The first-order valence-electron chi connectivity index (χ1n) is 29.6. The molecule has 0 aliphatic rings. The molecule has 0 aromatic carbocycles. The van der Waals surface area contributed by atoms with Crippen LogP contribution in [0.4, 0.5) is 0 Å². The number of phosphoric acid groups is 1. The highest BCUT2D eigenvalue weighted by atomic mass is 31.2. The molecule has 74 heavy (non-hydrogen) atoms. The minimum absolute atomic E-state index is 0.0461. The maximum atomic E-state index is 13.0. The van der Waals surface area contributed by atoms with Crippen LogP contribution in [-0.4, -0.2) is 73.4 Å². The molecule has 1 amide bonds. The summed E-state index contributed by atoms with van der Waals surface area (Å²) in [7, 11) is 1.53. The Labute approximate surface area is 456 Å². The minimum atomic E-state index is -4.37. The van der Waals surface area contributed by atoms with Gasteiger partial charge in [-0.3, -0.25) is 13.8 Å². The molecular weight excluding hydrogens is 936 g/mol. The first-order valence-corrected chi connectivity index (χ1v) is 31.1. The number of hydrogen-bond donors (Lipinski definition) is 3. The van der Waals surface area contributed by atoms with Gasteiger partial charge < -0.3 is 19.8 Å². The molecule has 3 atom stereocenters. The van der Waals surface area contributed by atoms with E-state index < -0.39 is 20.0 Å². The molecule has 0 aliphatic heterocycles. The van der Waals surface area contributed by atoms with Gasteiger partial charge in [-0.05, 0) is 109 Å². The molecule has 0 saturated carbocycles. The van der Waals surface area contributed by atoms with Gasteiger partial charge in [-0.15, -0.1) is 0 Å². The van der Waals surface area contributed by atoms with Crippen LogP contribution in [0.25, 0.3) is 0 Å². The number of carbonyl (C=O) groups excluding carboxylic acids is 1. The average molecular weight is 1050 g/mol. The highest BCUT2D eigenvalue weighted by Gasteiger charge is 2.27. The fourth-order valence-electron chi connectivity index (χ4n) is 7.74. The maximum Gasteiger partial charge on any atom is 0.472 e. The summed E-state index contributed by atoms with van der Waals surface area (Å²) < 4.78 is 23.7. The van der Waals surface area contributed by atoms with Gasteiger partial charge in [0.25, 0.3) is 0 Å². The average Bonchev–Trinajstić information content (AvgIpc) is 3.36. The van der Waals surface area contributed by atoms with E-state index in [4.69, 9.17) is 9.05 Å². The Balaban J connectivity index is 4.22. The number of amides is 1. The van der Waals surface area contributed by atoms with E-state index >= 15 is 0 Å². The van der Waals surface area contributed by atoms with Crippen LogP contribution < -0.4 is 5.32 Å². The molecule has 0 radical (unpaired) electrons. The molecule has 8 nitrogen and oxygen atoms in total. The van der Waals surface area contributed by atoms with Crippen LogP contribution in [0.1, 0.15) is 219 Å². The Hall–Kier alpha value is -3.36. The number of carbonyl (C=O) groups is 1. The van der Waals surface area contributed by atoms with Crippen molar-refractivity contribution in [1.82, 2.24) is 5.32 Å². The Morgan fingerprint density at radius 2 is 0.824 bits per heavy atom. The van der Waals surface area contributed by atoms with Crippen molar-refractivity contribution in [3.63, 3.8) is 0 Å². The predicted molar refractivity (Wildman–Crippen MR) is 322 cm³/mol. The number of likely N-dealkylation sites (N-methyl/N-ethyl adjacent to an activating group) is 1. The van der Waals surface area contributed by atoms with E-state index in [0.29, 0.717) is 17.4 Å². The van der Waals surface area contributed by atoms with Crippen LogP contribution in [-0.2, 0) is 18.4 Å². The highest BCUT2D eigenvalue weighted by Crippen LogP contribution is 2.43. The van der Waals surface area contributed by atoms with Crippen LogP contribution in [0.15, 0.2) is 134 Å². The van der Waals surface area contributed by atoms with Crippen molar-refractivity contribution in [1.29, 1.82) is 0 Å². The number of hydrogen-bond acceptors (Lipinski definition) is 5. The third-order valence-corrected chi connectivity index (χ3v) is 13.3. The monoisotopic (exact) mass is 1050 g/mol. The number of phosphoric ester groups is 1. The normalized spacial score (nSPS) is 14.9. The second kappa shape index (κ2) is 54.4. The fraction of sp³-hybridized carbons (Fsp3) is 0.646. The maximum absolute atomic E-state index is 13.0. The van der Waals surface area contributed by atoms with Gasteiger partial charge >= 0.3 is 7.82 Å². The van der Waals surface area contributed by atoms with Crippen molar-refractivity contribution in [2.75, 3.05) is 40.9 Å². The number of quaternary nitrogens is 1. The molecular formula is C65H112N2O6P+. The Morgan fingerprint density at radius 3 is 1.24 bits per heavy atom. The van der Waals surface area contributed by atoms with Gasteiger partial charge in [0.2, 0.25) is 5.91 Å². The third kappa shape index (κ3) is 56.4. The van der Waals surface area contributed by atoms with Crippen molar-refractivity contribution < 1.29 is 32.9 Å². The first kappa shape index (κ1) is 70.6. The molecule has 0 aliphatic carbocycles. The minimum Gasteiger partial charge on any atom is -0.387 e. The molecule has 0 fully saturated rings. The molecule has 0 spiro atoms. The molecule has 9 heteroatoms. The zero-order chi connectivity index (χ0) is 54.2. The number of nitrogens with one attached hydrogen (secondary N) is 1. The van der Waals surface area contributed by atoms with Crippen LogP contribution in [0.3, 0.4) is 0 Å². The molecule has 0 saturated heterocycles. The molecule has 0 rings (SSSR count). The molecule has 0 aromatic heterocycles. The summed E-state index contributed by atoms with van der Waals surface area (Å²) in [5.41, 5.74) is 0. The Kier molecular flexibility index (Phi) is 52.0. The van der Waals surface area contributed by atoms with E-state index in [-0.39, 0.29) is 19.1 Å². The van der Waals surface area contributed by atoms with E-state index in [0.717, 1.165) is 103 Å². The fourth-order valence-corrected chi connectivity index (χ4v) is 8.47. The first-order chi connectivity index (χ1) is 36.0. The van der Waals surface area contributed by atoms with Gasteiger partial charge in [0, 0.05) is 6.42 Å². The van der Waals surface area contributed by atoms with Crippen molar-refractivity contribution in [3.8, 4) is 0 Å². The third-order valence-electron chi connectivity index (χ3n) is 12.3. The van der Waals surface area contributed by atoms with Crippen LogP contribution >= 0.6 is 7.82 Å². The highest BCUT2D eigenvalue weighted by molar-refractivity contribution is 7.47. The molecule has 3 N–H and O–H groups in total. The Bertz CT molecular complexity index is 1660. The Morgan fingerprint density at radius 1 is 0.473 bits per heavy atom. The topological polar surface area (TPSA) is 105 Å². The zero-order valence-electron chi connectivity index (χ0n) is 48.0. The standard InChI is InChI=1S/C65H111N2O6P/c1-6-8-10-12-14-16-18-20-22-24-25-26-27-28-29-30-31-32-33-34-35-36-37-38-39-40-41-43-45-47-49-51-53-55-57-59-65(69)66-63(62-73-74(70,71)72-61-60-67(3,4)5)64(68)58-56-54-52-50-48-46-44-42-23-21-19-17-15-13-11-9-7-2/h8,10,14,16,20,22-23,25-26,28-29,31-32,34-35,37-38,42,48,50,56,58,63-64,68H,6-7,9,11-13,15,17-19,21,24,27,30,33,36,39-41,43-47,49,51-55,57,59-62H2,1-5H3,(H-,66,69,70,71)/p+1/b10-8-,16-14-,22-20-,26-25-,29-28-,32-31-,35-34-,38-37-,42-23+,50-48+,58-56+. The molecule has 0 heterocycles. The summed E-state index contributed by atoms with van der Waals surface area (Å²) in [6.45, 7) is 4.65. The molecule has 422 valence electrons. The summed E-state index contributed by atoms with van der Waals surface area (Å²) in [4.78, 5) is 23.3. The number of nitrogens with zero attached hydrogens (tertiary/aromatic N) is 1. The van der Waals surface area contributed by atoms with E-state index in [1.807, 2.05) is 27.2 Å². The van der Waals surface area contributed by atoms with Crippen molar-refractivity contribution in [3.05, 3.63) is 134 Å². The lowest BCUT2D eigenvalue weighted by atomic mass is 10.0. The predicted octanol–water partition coefficient (Wildman–Crippen LogP) is 18.3. The molecule has 0 aromatic rings. The van der Waals surface area contributed by atoms with E-state index in [2.05, 4.69) is 141 Å². The summed E-state index contributed by atoms with van der Waals surface area (Å²) in [5.74, 6) is -0.202. The van der Waals surface area contributed by atoms with E-state index in [9.17, 15) is 19.4 Å². The van der Waals surface area contributed by atoms with Gasteiger partial charge in [-0.1, -0.05) is 237 Å². The molecule has 0 bridgehead atoms. The van der Waals surface area contributed by atoms with Crippen molar-refractivity contribution in [2.24, 2.45) is 0 Å². The second-order valence-corrected chi connectivity index (χ2v) is 22.1. The lowest BCUT2D eigenvalue weighted by Gasteiger charge is -2.25. The van der Waals surface area contributed by atoms with Gasteiger partial charge in [0.15, 0.2) is 0 Å². The lowest BCUT2D eigenvalue weighted by Crippen LogP contribution is -2.45. The van der Waals surface area contributed by atoms with Crippen LogP contribution in [0, 0.1) is 0 Å². The van der Waals surface area contributed by atoms with Crippen LogP contribution in [0.5, 0.6) is 0 Å². The summed E-state index contributed by atoms with van der Waals surface area (Å²) in [5, 5.41) is 13.9. The second-order valence-electron chi connectivity index (χ2n) is 20.6. The number of unbranched alkanes of at least 4 members (excludes halogenated alkanes) is 19. The summed E-state index contributed by atoms with van der Waals surface area (Å²) in [6, 6.07) is -0.882. The van der Waals surface area contributed by atoms with Gasteiger partial charge in [-0.2, -0.15) is 0 Å². The number of aliphatic hydroxyl groups is 1. The van der Waals surface area contributed by atoms with E-state index in [1.54, 1.807) is 6.08 Å². The molecule has 3 unspecified atom stereocenters. The van der Waals surface area contributed by atoms with Gasteiger partial charge in [0.1, 0.15) is 13.2 Å². The number of allylic oxidation sites excluding steroid dienone is 21. The van der Waals surface area contributed by atoms with Crippen molar-refractivity contribution in [2.45, 2.75) is 231 Å². The lowest BCUT2D eigenvalue weighted by molar-refractivity contribution is -0.870. The van der Waals surface area contributed by atoms with Gasteiger partial charge in [-0.25, -0.2) is 4.57 Å². The number of rotatable bonds is 52. The van der Waals surface area contributed by atoms with E-state index in [1.165, 1.54) is 96.3 Å². The number of aliphatic hydroxyl groups excluding tert-OH is 1. The smallest absolute Gasteiger partial charge is 0.387 e. The summed E-state index contributed by atoms with van der Waals surface area (Å²) >= 11 is 0. The summed E-state index contributed by atoms with van der Waals surface area (Å²) in [6.07, 6.45) is 82.7. The SMILES string of the molecule is CC/C=C\C/C=C\C/C=C\C/C=C\C/C=C\C/C=C\C/C=C\C/C=C\CCCCCCCCCCCCC(=O)NC(COP(=O)(O)OCC[N+](C)(C)C)C(O)/C=C/CC/C=C/CC/C=C/CCCCCCCCC. The quantitative estimate of drug-likeness (QED) is 0.0243. The van der Waals surface area contributed by atoms with Gasteiger partial charge in [0.05, 0.1) is 39.9 Å². The van der Waals surface area contributed by atoms with Crippen molar-refractivity contribution >= 4 is 13.7 Å².